The maximum absolute atomic E-state index is 11.2. The summed E-state index contributed by atoms with van der Waals surface area (Å²) in [5.74, 6) is -0.377. The van der Waals surface area contributed by atoms with Gasteiger partial charge < -0.3 is 20.4 Å². The highest BCUT2D eigenvalue weighted by Gasteiger charge is 2.18. The first-order chi connectivity index (χ1) is 10.5. The van der Waals surface area contributed by atoms with Crippen LogP contribution in [0.2, 0.25) is 0 Å². The molecule has 0 saturated carbocycles. The van der Waals surface area contributed by atoms with Crippen LogP contribution >= 0.6 is 0 Å². The second kappa shape index (κ2) is 6.97. The number of esters is 1. The van der Waals surface area contributed by atoms with Gasteiger partial charge in [0.15, 0.2) is 0 Å². The molecule has 0 bridgehead atoms. The van der Waals surface area contributed by atoms with Crippen molar-refractivity contribution in [2.24, 2.45) is 0 Å². The first-order valence-corrected chi connectivity index (χ1v) is 6.76. The Morgan fingerprint density at radius 3 is 2.86 bits per heavy atom. The molecule has 0 saturated heterocycles. The molecule has 22 heavy (non-hydrogen) atoms. The first kappa shape index (κ1) is 15.9. The Morgan fingerprint density at radius 2 is 2.18 bits per heavy atom. The zero-order valence-corrected chi connectivity index (χ0v) is 12.2. The minimum atomic E-state index is -0.863. The summed E-state index contributed by atoms with van der Waals surface area (Å²) in [7, 11) is 0. The van der Waals surface area contributed by atoms with Crippen LogP contribution in [0, 0.1) is 0 Å². The van der Waals surface area contributed by atoms with Gasteiger partial charge in [-0.1, -0.05) is 18.7 Å². The average Bonchev–Trinajstić information content (AvgIpc) is 2.93. The van der Waals surface area contributed by atoms with Crippen LogP contribution in [0.25, 0.3) is 5.70 Å². The maximum Gasteiger partial charge on any atom is 0.333 e. The Balaban J connectivity index is 1.89. The number of hydrogen-bond donors (Lipinski definition) is 4. The van der Waals surface area contributed by atoms with Gasteiger partial charge in [0, 0.05) is 17.3 Å². The molecule has 7 heteroatoms. The predicted octanol–water partition coefficient (Wildman–Crippen LogP) is 0.496. The molecule has 4 N–H and O–H groups in total. The SMILES string of the molecule is C=C(C)C(=O)OCC(O)CN1C=C(c2ccccc2O)NN1. The Bertz CT molecular complexity index is 600. The fraction of sp³-hybridized carbons (Fsp3) is 0.267. The molecule has 0 amide bonds. The van der Waals surface area contributed by atoms with E-state index in [1.54, 1.807) is 36.3 Å². The maximum atomic E-state index is 11.2. The van der Waals surface area contributed by atoms with Crippen LogP contribution in [0.15, 0.2) is 42.6 Å². The van der Waals surface area contributed by atoms with Crippen LogP contribution in [0.5, 0.6) is 5.75 Å². The van der Waals surface area contributed by atoms with E-state index in [9.17, 15) is 15.0 Å². The summed E-state index contributed by atoms with van der Waals surface area (Å²) >= 11 is 0. The summed E-state index contributed by atoms with van der Waals surface area (Å²) in [5, 5.41) is 21.2. The van der Waals surface area contributed by atoms with Crippen molar-refractivity contribution in [1.82, 2.24) is 16.0 Å². The topological polar surface area (TPSA) is 94.1 Å². The van der Waals surface area contributed by atoms with E-state index in [1.807, 2.05) is 6.07 Å². The first-order valence-electron chi connectivity index (χ1n) is 6.76. The highest BCUT2D eigenvalue weighted by molar-refractivity contribution is 5.86. The molecule has 1 heterocycles. The predicted molar refractivity (Wildman–Crippen MR) is 80.8 cm³/mol. The summed E-state index contributed by atoms with van der Waals surface area (Å²) in [4.78, 5) is 11.2. The van der Waals surface area contributed by atoms with Crippen molar-refractivity contribution in [3.63, 3.8) is 0 Å². The number of aliphatic hydroxyl groups excluding tert-OH is 1. The zero-order chi connectivity index (χ0) is 16.1. The normalized spacial score (nSPS) is 15.0. The Morgan fingerprint density at radius 1 is 1.45 bits per heavy atom. The summed E-state index contributed by atoms with van der Waals surface area (Å²) in [6.45, 7) is 5.09. The van der Waals surface area contributed by atoms with Crippen LogP contribution < -0.4 is 11.0 Å². The minimum Gasteiger partial charge on any atom is -0.507 e. The lowest BCUT2D eigenvalue weighted by Crippen LogP contribution is -2.42. The number of carbonyl (C=O) groups excluding carboxylic acids is 1. The number of ether oxygens (including phenoxy) is 1. The van der Waals surface area contributed by atoms with Gasteiger partial charge in [0.05, 0.1) is 12.2 Å². The molecule has 0 aromatic heterocycles. The number of nitrogens with one attached hydrogen (secondary N) is 2. The lowest BCUT2D eigenvalue weighted by Gasteiger charge is -2.19. The smallest absolute Gasteiger partial charge is 0.333 e. The van der Waals surface area contributed by atoms with E-state index in [4.69, 9.17) is 4.74 Å². The zero-order valence-electron chi connectivity index (χ0n) is 12.2. The highest BCUT2D eigenvalue weighted by atomic mass is 16.5. The molecule has 1 unspecified atom stereocenters. The van der Waals surface area contributed by atoms with E-state index in [-0.39, 0.29) is 24.5 Å². The molecule has 0 spiro atoms. The van der Waals surface area contributed by atoms with E-state index < -0.39 is 12.1 Å². The van der Waals surface area contributed by atoms with E-state index in [2.05, 4.69) is 17.5 Å². The van der Waals surface area contributed by atoms with E-state index >= 15 is 0 Å². The van der Waals surface area contributed by atoms with Gasteiger partial charge in [0.1, 0.15) is 18.5 Å². The van der Waals surface area contributed by atoms with Crippen LogP contribution in [0.3, 0.4) is 0 Å². The van der Waals surface area contributed by atoms with Gasteiger partial charge in [-0.05, 0) is 19.1 Å². The summed E-state index contributed by atoms with van der Waals surface area (Å²) in [6, 6.07) is 6.90. The molecule has 2 rings (SSSR count). The van der Waals surface area contributed by atoms with Crippen LogP contribution in [-0.2, 0) is 9.53 Å². The number of rotatable bonds is 6. The van der Waals surface area contributed by atoms with Gasteiger partial charge in [-0.3, -0.25) is 5.01 Å². The molecule has 1 atom stereocenters. The number of para-hydroxylation sites is 1. The largest absolute Gasteiger partial charge is 0.507 e. The lowest BCUT2D eigenvalue weighted by molar-refractivity contribution is -0.142. The molecule has 0 aliphatic carbocycles. The summed E-state index contributed by atoms with van der Waals surface area (Å²) < 4.78 is 4.88. The van der Waals surface area contributed by atoms with Crippen molar-refractivity contribution in [2.75, 3.05) is 13.2 Å². The van der Waals surface area contributed by atoms with E-state index in [1.165, 1.54) is 0 Å². The fourth-order valence-electron chi connectivity index (χ4n) is 1.86. The van der Waals surface area contributed by atoms with Crippen molar-refractivity contribution in [1.29, 1.82) is 0 Å². The lowest BCUT2D eigenvalue weighted by atomic mass is 10.1. The number of β-amino-alcohol motifs (C(OH)–C–C–N with tert-alkyl or cyclic N) is 1. The summed E-state index contributed by atoms with van der Waals surface area (Å²) in [6.07, 6.45) is 0.844. The third-order valence-electron chi connectivity index (χ3n) is 2.98. The number of phenolic OH excluding ortho intramolecular Hbond substituents is 1. The third-order valence-corrected chi connectivity index (χ3v) is 2.98. The van der Waals surface area contributed by atoms with Gasteiger partial charge in [0.2, 0.25) is 0 Å². The van der Waals surface area contributed by atoms with Crippen molar-refractivity contribution >= 4 is 11.7 Å². The Hall–Kier alpha value is -2.51. The number of hydrazine groups is 2. The number of phenols is 1. The number of aromatic hydroxyl groups is 1. The quantitative estimate of drug-likeness (QED) is 0.449. The van der Waals surface area contributed by atoms with Gasteiger partial charge >= 0.3 is 5.97 Å². The van der Waals surface area contributed by atoms with Gasteiger partial charge in [-0.25, -0.2) is 4.79 Å². The molecule has 118 valence electrons. The second-order valence-electron chi connectivity index (χ2n) is 4.98. The number of carbonyl (C=O) groups is 1. The van der Waals surface area contributed by atoms with E-state index in [0.29, 0.717) is 11.3 Å². The van der Waals surface area contributed by atoms with Gasteiger partial charge in [-0.2, -0.15) is 0 Å². The second-order valence-corrected chi connectivity index (χ2v) is 4.98. The molecule has 1 aromatic rings. The summed E-state index contributed by atoms with van der Waals surface area (Å²) in [5.41, 5.74) is 7.33. The molecular formula is C15H19N3O4. The Kier molecular flexibility index (Phi) is 5.03. The van der Waals surface area contributed by atoms with Gasteiger partial charge in [0.25, 0.3) is 0 Å². The molecule has 1 aromatic carbocycles. The number of aliphatic hydroxyl groups is 1. The minimum absolute atomic E-state index is 0.121. The fourth-order valence-corrected chi connectivity index (χ4v) is 1.86. The Labute approximate surface area is 128 Å². The van der Waals surface area contributed by atoms with Crippen LogP contribution in [0.4, 0.5) is 0 Å². The van der Waals surface area contributed by atoms with Crippen molar-refractivity contribution in [3.8, 4) is 5.75 Å². The molecule has 7 nitrogen and oxygen atoms in total. The van der Waals surface area contributed by atoms with Crippen LogP contribution in [0.1, 0.15) is 12.5 Å². The standard InChI is InChI=1S/C15H19N3O4/c1-10(2)15(21)22-9-11(19)7-18-8-13(16-17-18)12-5-3-4-6-14(12)20/h3-6,8,11,16-17,19-20H,1,7,9H2,2H3. The molecule has 0 radical (unpaired) electrons. The average molecular weight is 305 g/mol. The monoisotopic (exact) mass is 305 g/mol. The van der Waals surface area contributed by atoms with E-state index in [0.717, 1.165) is 0 Å². The van der Waals surface area contributed by atoms with Crippen LogP contribution in [-0.4, -0.2) is 40.4 Å². The van der Waals surface area contributed by atoms with Crippen molar-refractivity contribution in [2.45, 2.75) is 13.0 Å². The van der Waals surface area contributed by atoms with Gasteiger partial charge in [-0.15, -0.1) is 5.53 Å². The number of nitrogens with zero attached hydrogens (tertiary/aromatic N) is 1. The molecule has 1 aliphatic heterocycles. The number of benzene rings is 1. The van der Waals surface area contributed by atoms with Crippen molar-refractivity contribution in [3.05, 3.63) is 48.2 Å². The molecule has 1 aliphatic rings. The number of hydrogen-bond acceptors (Lipinski definition) is 7. The highest BCUT2D eigenvalue weighted by Crippen LogP contribution is 2.24. The third kappa shape index (κ3) is 4.00. The molecule has 0 fully saturated rings. The molecular weight excluding hydrogens is 286 g/mol. The van der Waals surface area contributed by atoms with Crippen molar-refractivity contribution < 1.29 is 19.7 Å².